The molecular weight excluding hydrogens is 308 g/mol. The summed E-state index contributed by atoms with van der Waals surface area (Å²) in [5, 5.41) is 14.7. The zero-order valence-electron chi connectivity index (χ0n) is 10.5. The zero-order chi connectivity index (χ0) is 15.0. The highest BCUT2D eigenvalue weighted by molar-refractivity contribution is 7.21. The topological polar surface area (TPSA) is 132 Å². The molecule has 0 radical (unpaired) electrons. The lowest BCUT2D eigenvalue weighted by Gasteiger charge is -1.97. The largest absolute Gasteiger partial charge is 0.397 e. The maximum atomic E-state index is 12.2. The van der Waals surface area contributed by atoms with E-state index < -0.39 is 0 Å². The summed E-state index contributed by atoms with van der Waals surface area (Å²) in [4.78, 5) is 20.1. The van der Waals surface area contributed by atoms with Gasteiger partial charge in [-0.25, -0.2) is 14.8 Å². The molecule has 0 bridgehead atoms. The van der Waals surface area contributed by atoms with Gasteiger partial charge in [0, 0.05) is 10.8 Å². The van der Waals surface area contributed by atoms with E-state index in [0.29, 0.717) is 25.9 Å². The number of carbonyl (C=O) groups excluding carboxylic acids is 1. The fraction of sp³-hybridized carbons (Fsp3) is 0. The molecule has 0 spiro atoms. The Kier molecular flexibility index (Phi) is 3.17. The molecule has 104 valence electrons. The number of nitrogens with two attached hydrogens (primary N) is 2. The van der Waals surface area contributed by atoms with Crippen molar-refractivity contribution in [2.24, 2.45) is 0 Å². The molecule has 3 aromatic heterocycles. The van der Waals surface area contributed by atoms with Crippen molar-refractivity contribution in [1.29, 1.82) is 5.26 Å². The Labute approximate surface area is 126 Å². The highest BCUT2D eigenvalue weighted by Gasteiger charge is 2.22. The van der Waals surface area contributed by atoms with Gasteiger partial charge in [0.2, 0.25) is 0 Å². The van der Waals surface area contributed by atoms with E-state index in [2.05, 4.69) is 15.3 Å². The van der Waals surface area contributed by atoms with E-state index in [9.17, 15) is 4.79 Å². The molecular formula is C12H9N6OS2+. The molecule has 0 atom stereocenters. The van der Waals surface area contributed by atoms with E-state index in [-0.39, 0.29) is 17.3 Å². The minimum absolute atomic E-state index is 0.129. The maximum absolute atomic E-state index is 12.2. The molecule has 1 amide bonds. The van der Waals surface area contributed by atoms with E-state index in [1.807, 2.05) is 11.4 Å². The van der Waals surface area contributed by atoms with Crippen molar-refractivity contribution < 1.29 is 9.78 Å². The number of thiophene rings is 1. The van der Waals surface area contributed by atoms with Gasteiger partial charge in [0.25, 0.3) is 0 Å². The number of anilines is 3. The van der Waals surface area contributed by atoms with Crippen LogP contribution in [0, 0.1) is 11.3 Å². The summed E-state index contributed by atoms with van der Waals surface area (Å²) in [5.74, 6) is -0.198. The fourth-order valence-corrected chi connectivity index (χ4v) is 3.32. The Hall–Kier alpha value is -2.70. The average Bonchev–Trinajstić information content (AvgIpc) is 3.06. The van der Waals surface area contributed by atoms with Gasteiger partial charge >= 0.3 is 11.0 Å². The summed E-state index contributed by atoms with van der Waals surface area (Å²) in [6.07, 6.45) is 1.72. The normalized spacial score (nSPS) is 10.4. The summed E-state index contributed by atoms with van der Waals surface area (Å²) >= 11 is 2.51. The molecule has 7 nitrogen and oxygen atoms in total. The SMILES string of the molecule is N#Cc1cc2c(N)c(C(=O)Nc3[nH+]ccs3)sc2nc1N. The molecule has 0 saturated carbocycles. The summed E-state index contributed by atoms with van der Waals surface area (Å²) in [6, 6.07) is 3.50. The van der Waals surface area contributed by atoms with Crippen molar-refractivity contribution in [1.82, 2.24) is 4.98 Å². The molecule has 3 rings (SSSR count). The van der Waals surface area contributed by atoms with E-state index >= 15 is 0 Å². The minimum atomic E-state index is -0.328. The molecule has 0 aliphatic carbocycles. The number of amides is 1. The summed E-state index contributed by atoms with van der Waals surface area (Å²) < 4.78 is 0. The summed E-state index contributed by atoms with van der Waals surface area (Å²) in [7, 11) is 0. The first-order chi connectivity index (χ1) is 10.1. The van der Waals surface area contributed by atoms with Gasteiger partial charge in [-0.1, -0.05) is 11.3 Å². The number of aromatic nitrogens is 2. The standard InChI is InChI=1S/C12H8N6OS2/c13-4-5-3-6-7(14)8(21-11(6)17-9(5)15)10(19)18-12-16-1-2-20-12/h1-3H,14H2,(H2,15,17)(H,16,18,19)/p+1. The maximum Gasteiger partial charge on any atom is 0.351 e. The van der Waals surface area contributed by atoms with Crippen LogP contribution in [-0.2, 0) is 0 Å². The number of nitrogen functional groups attached to an aromatic ring is 2. The molecule has 0 aromatic carbocycles. The smallest absolute Gasteiger partial charge is 0.351 e. The lowest BCUT2D eigenvalue weighted by Crippen LogP contribution is -2.16. The van der Waals surface area contributed by atoms with Crippen molar-refractivity contribution in [2.45, 2.75) is 0 Å². The van der Waals surface area contributed by atoms with Crippen molar-refractivity contribution in [3.8, 4) is 6.07 Å². The highest BCUT2D eigenvalue weighted by Crippen LogP contribution is 2.34. The predicted octanol–water partition coefficient (Wildman–Crippen LogP) is 1.46. The van der Waals surface area contributed by atoms with Crippen LogP contribution in [0.1, 0.15) is 15.2 Å². The first kappa shape index (κ1) is 13.3. The number of H-pyrrole nitrogens is 1. The van der Waals surface area contributed by atoms with Gasteiger partial charge < -0.3 is 11.5 Å². The zero-order valence-corrected chi connectivity index (χ0v) is 12.1. The van der Waals surface area contributed by atoms with Gasteiger partial charge in [-0.2, -0.15) is 10.6 Å². The van der Waals surface area contributed by atoms with Crippen LogP contribution in [0.25, 0.3) is 10.2 Å². The van der Waals surface area contributed by atoms with Crippen LogP contribution in [0.3, 0.4) is 0 Å². The van der Waals surface area contributed by atoms with Gasteiger partial charge in [-0.3, -0.25) is 0 Å². The van der Waals surface area contributed by atoms with E-state index in [1.54, 1.807) is 12.3 Å². The van der Waals surface area contributed by atoms with Crippen LogP contribution in [0.5, 0.6) is 0 Å². The van der Waals surface area contributed by atoms with Gasteiger partial charge in [0.1, 0.15) is 21.6 Å². The number of fused-ring (bicyclic) bond motifs is 1. The third-order valence-corrected chi connectivity index (χ3v) is 4.61. The van der Waals surface area contributed by atoms with Crippen molar-refractivity contribution in [3.63, 3.8) is 0 Å². The molecule has 3 heterocycles. The first-order valence-corrected chi connectivity index (χ1v) is 7.45. The molecule has 0 saturated heterocycles. The van der Waals surface area contributed by atoms with Crippen molar-refractivity contribution in [2.75, 3.05) is 16.8 Å². The number of hydrogen-bond donors (Lipinski definition) is 3. The molecule has 9 heteroatoms. The quantitative estimate of drug-likeness (QED) is 0.658. The predicted molar refractivity (Wildman–Crippen MR) is 82.0 cm³/mol. The Morgan fingerprint density at radius 1 is 1.48 bits per heavy atom. The second kappa shape index (κ2) is 5.01. The highest BCUT2D eigenvalue weighted by atomic mass is 32.1. The number of nitriles is 1. The average molecular weight is 317 g/mol. The van der Waals surface area contributed by atoms with Crippen molar-refractivity contribution >= 4 is 55.4 Å². The second-order valence-electron chi connectivity index (χ2n) is 4.08. The van der Waals surface area contributed by atoms with Crippen LogP contribution >= 0.6 is 22.7 Å². The molecule has 6 N–H and O–H groups in total. The Balaban J connectivity index is 2.05. The Morgan fingerprint density at radius 3 is 2.95 bits per heavy atom. The third kappa shape index (κ3) is 2.26. The van der Waals surface area contributed by atoms with Crippen molar-refractivity contribution in [3.05, 3.63) is 28.1 Å². The summed E-state index contributed by atoms with van der Waals surface area (Å²) in [6.45, 7) is 0. The Morgan fingerprint density at radius 2 is 2.29 bits per heavy atom. The lowest BCUT2D eigenvalue weighted by atomic mass is 10.2. The number of nitrogens with one attached hydrogen (secondary N) is 2. The van der Waals surface area contributed by atoms with Crippen LogP contribution in [-0.4, -0.2) is 10.9 Å². The number of nitrogens with zero attached hydrogens (tertiary/aromatic N) is 2. The minimum Gasteiger partial charge on any atom is -0.397 e. The molecule has 21 heavy (non-hydrogen) atoms. The molecule has 0 aliphatic heterocycles. The van der Waals surface area contributed by atoms with E-state index in [4.69, 9.17) is 16.7 Å². The second-order valence-corrected chi connectivity index (χ2v) is 5.99. The fourth-order valence-electron chi connectivity index (χ4n) is 1.78. The molecule has 0 fully saturated rings. The van der Waals surface area contributed by atoms with Gasteiger partial charge in [0.15, 0.2) is 0 Å². The summed E-state index contributed by atoms with van der Waals surface area (Å²) in [5.41, 5.74) is 12.2. The monoisotopic (exact) mass is 317 g/mol. The van der Waals surface area contributed by atoms with Gasteiger partial charge in [-0.15, -0.1) is 11.3 Å². The Bertz CT molecular complexity index is 877. The number of hydrogen-bond acceptors (Lipinski definition) is 7. The first-order valence-electron chi connectivity index (χ1n) is 5.75. The van der Waals surface area contributed by atoms with Gasteiger partial charge in [0.05, 0.1) is 17.4 Å². The molecule has 0 aliphatic rings. The van der Waals surface area contributed by atoms with Crippen LogP contribution in [0.4, 0.5) is 16.6 Å². The van der Waals surface area contributed by atoms with Gasteiger partial charge in [-0.05, 0) is 6.07 Å². The van der Waals surface area contributed by atoms with E-state index in [0.717, 1.165) is 11.3 Å². The number of thiazole rings is 1. The number of carbonyl (C=O) groups is 1. The van der Waals surface area contributed by atoms with Crippen LogP contribution < -0.4 is 21.8 Å². The number of rotatable bonds is 2. The molecule has 3 aromatic rings. The third-order valence-electron chi connectivity index (χ3n) is 2.77. The number of aromatic amines is 1. The lowest BCUT2D eigenvalue weighted by molar-refractivity contribution is -0.354. The molecule has 0 unspecified atom stereocenters. The number of pyridine rings is 1. The van der Waals surface area contributed by atoms with E-state index in [1.165, 1.54) is 11.3 Å². The van der Waals surface area contributed by atoms with Crippen LogP contribution in [0.15, 0.2) is 17.6 Å². The van der Waals surface area contributed by atoms with Crippen LogP contribution in [0.2, 0.25) is 0 Å².